The van der Waals surface area contributed by atoms with Crippen molar-refractivity contribution in [1.82, 2.24) is 18.7 Å². The molecule has 9 heteroatoms. The van der Waals surface area contributed by atoms with Gasteiger partial charge in [-0.25, -0.2) is 14.6 Å². The van der Waals surface area contributed by atoms with E-state index in [4.69, 9.17) is 4.74 Å². The third-order valence-corrected chi connectivity index (χ3v) is 4.49. The minimum Gasteiger partial charge on any atom is -0.464 e. The number of nitrogens with zero attached hydrogens (tertiary/aromatic N) is 4. The number of Topliss-reactive ketones (excluding diaryl/α,β-unsaturated/α-hetero) is 1. The first-order valence-corrected chi connectivity index (χ1v) is 8.24. The number of ketones is 1. The van der Waals surface area contributed by atoms with Crippen molar-refractivity contribution in [1.29, 1.82) is 0 Å². The maximum absolute atomic E-state index is 12.6. The lowest BCUT2D eigenvalue weighted by molar-refractivity contribution is -0.151. The van der Waals surface area contributed by atoms with Gasteiger partial charge in [0.2, 0.25) is 0 Å². The van der Waals surface area contributed by atoms with Crippen LogP contribution in [0, 0.1) is 0 Å². The van der Waals surface area contributed by atoms with E-state index in [1.54, 1.807) is 0 Å². The molecule has 0 radical (unpaired) electrons. The highest BCUT2D eigenvalue weighted by Crippen LogP contribution is 2.26. The largest absolute Gasteiger partial charge is 0.464 e. The predicted octanol–water partition coefficient (Wildman–Crippen LogP) is -0.167. The van der Waals surface area contributed by atoms with Gasteiger partial charge in [0, 0.05) is 26.9 Å². The Morgan fingerprint density at radius 2 is 1.92 bits per heavy atom. The van der Waals surface area contributed by atoms with Crippen molar-refractivity contribution in [3.05, 3.63) is 26.7 Å². The van der Waals surface area contributed by atoms with E-state index < -0.39 is 23.3 Å². The molecule has 0 spiro atoms. The van der Waals surface area contributed by atoms with Crippen LogP contribution in [-0.4, -0.2) is 37.0 Å². The summed E-state index contributed by atoms with van der Waals surface area (Å²) in [6, 6.07) is -1.23. The van der Waals surface area contributed by atoms with Crippen molar-refractivity contribution in [2.45, 2.75) is 38.6 Å². The van der Waals surface area contributed by atoms with E-state index in [1.807, 2.05) is 6.92 Å². The molecule has 0 N–H and O–H groups in total. The van der Waals surface area contributed by atoms with Crippen LogP contribution >= 0.6 is 0 Å². The van der Waals surface area contributed by atoms with Gasteiger partial charge in [0.15, 0.2) is 23.0 Å². The molecule has 0 amide bonds. The second kappa shape index (κ2) is 6.30. The maximum atomic E-state index is 12.6. The number of hydrogen-bond acceptors (Lipinski definition) is 6. The van der Waals surface area contributed by atoms with Gasteiger partial charge >= 0.3 is 11.7 Å². The second-order valence-corrected chi connectivity index (χ2v) is 6.17. The fraction of sp³-hybridized carbons (Fsp3) is 0.562. The molecule has 3 rings (SSSR count). The minimum atomic E-state index is -1.23. The number of aryl methyl sites for hydroxylation is 2. The van der Waals surface area contributed by atoms with Gasteiger partial charge in [0.05, 0.1) is 6.61 Å². The molecule has 1 aliphatic heterocycles. The fourth-order valence-electron chi connectivity index (χ4n) is 3.06. The van der Waals surface area contributed by atoms with Crippen molar-refractivity contribution in [3.63, 3.8) is 0 Å². The molecule has 0 saturated heterocycles. The molecular formula is C16H20N4O5. The number of imidazole rings is 1. The average Bonchev–Trinajstić information content (AvgIpc) is 2.97. The van der Waals surface area contributed by atoms with Crippen LogP contribution in [0.3, 0.4) is 0 Å². The van der Waals surface area contributed by atoms with Gasteiger partial charge in [-0.15, -0.1) is 0 Å². The van der Waals surface area contributed by atoms with Gasteiger partial charge in [-0.05, 0) is 6.42 Å². The number of unbranched alkanes of at least 4 members (excludes halogenated alkanes) is 1. The SMILES string of the molecule is CCCCOC(=O)C1C(=O)CCc2nc3c(c(=O)n(C)c(=O)n3C)n21. The Morgan fingerprint density at radius 3 is 2.60 bits per heavy atom. The van der Waals surface area contributed by atoms with Gasteiger partial charge in [-0.1, -0.05) is 13.3 Å². The van der Waals surface area contributed by atoms with Crippen molar-refractivity contribution >= 4 is 22.9 Å². The molecule has 2 aromatic heterocycles. The molecule has 0 saturated carbocycles. The van der Waals surface area contributed by atoms with Crippen LogP contribution in [0.15, 0.2) is 9.59 Å². The maximum Gasteiger partial charge on any atom is 0.337 e. The van der Waals surface area contributed by atoms with E-state index in [0.29, 0.717) is 18.7 Å². The summed E-state index contributed by atoms with van der Waals surface area (Å²) in [4.78, 5) is 53.9. The molecule has 0 fully saturated rings. The third-order valence-electron chi connectivity index (χ3n) is 4.49. The fourth-order valence-corrected chi connectivity index (χ4v) is 3.06. The summed E-state index contributed by atoms with van der Waals surface area (Å²) < 4.78 is 8.73. The molecule has 1 unspecified atom stereocenters. The van der Waals surface area contributed by atoms with Gasteiger partial charge < -0.3 is 9.30 Å². The Labute approximate surface area is 142 Å². The topological polar surface area (TPSA) is 105 Å². The first kappa shape index (κ1) is 17.1. The smallest absolute Gasteiger partial charge is 0.337 e. The standard InChI is InChI=1S/C16H20N4O5/c1-4-5-8-25-15(23)11-9(21)6-7-10-17-13-12(20(10)11)14(22)19(3)16(24)18(13)2/h11H,4-8H2,1-3H3. The summed E-state index contributed by atoms with van der Waals surface area (Å²) in [5.41, 5.74) is -0.853. The van der Waals surface area contributed by atoms with E-state index in [9.17, 15) is 19.2 Å². The quantitative estimate of drug-likeness (QED) is 0.432. The van der Waals surface area contributed by atoms with Crippen LogP contribution in [0.5, 0.6) is 0 Å². The molecule has 1 aliphatic rings. The number of rotatable bonds is 4. The number of ether oxygens (including phenoxy) is 1. The summed E-state index contributed by atoms with van der Waals surface area (Å²) in [6.45, 7) is 2.18. The predicted molar refractivity (Wildman–Crippen MR) is 88.4 cm³/mol. The minimum absolute atomic E-state index is 0.0742. The van der Waals surface area contributed by atoms with Crippen LogP contribution < -0.4 is 11.2 Å². The van der Waals surface area contributed by atoms with Gasteiger partial charge in [-0.3, -0.25) is 18.7 Å². The highest BCUT2D eigenvalue weighted by molar-refractivity contribution is 6.03. The zero-order chi connectivity index (χ0) is 18.3. The molecular weight excluding hydrogens is 328 g/mol. The lowest BCUT2D eigenvalue weighted by Crippen LogP contribution is -2.40. The van der Waals surface area contributed by atoms with Crippen molar-refractivity contribution < 1.29 is 14.3 Å². The summed E-state index contributed by atoms with van der Waals surface area (Å²) >= 11 is 0. The van der Waals surface area contributed by atoms with Crippen molar-refractivity contribution in [3.8, 4) is 0 Å². The number of esters is 1. The summed E-state index contributed by atoms with van der Waals surface area (Å²) in [7, 11) is 2.85. The third kappa shape index (κ3) is 2.59. The van der Waals surface area contributed by atoms with E-state index in [-0.39, 0.29) is 30.0 Å². The molecule has 9 nitrogen and oxygen atoms in total. The van der Waals surface area contributed by atoms with Crippen molar-refractivity contribution in [2.24, 2.45) is 14.1 Å². The zero-order valence-electron chi connectivity index (χ0n) is 14.4. The molecule has 2 aromatic rings. The Hall–Kier alpha value is -2.71. The first-order chi connectivity index (χ1) is 11.9. The van der Waals surface area contributed by atoms with Gasteiger partial charge in [0.1, 0.15) is 5.82 Å². The number of carbonyl (C=O) groups is 2. The summed E-state index contributed by atoms with van der Waals surface area (Å²) in [6.07, 6.45) is 2.00. The Kier molecular flexibility index (Phi) is 4.32. The normalized spacial score (nSPS) is 16.9. The number of aromatic nitrogens is 4. The van der Waals surface area contributed by atoms with Gasteiger partial charge in [0.25, 0.3) is 5.56 Å². The van der Waals surface area contributed by atoms with Crippen LogP contribution in [0.4, 0.5) is 0 Å². The Bertz CT molecular complexity index is 981. The van der Waals surface area contributed by atoms with Gasteiger partial charge in [-0.2, -0.15) is 0 Å². The Balaban J connectivity index is 2.21. The number of hydrogen-bond donors (Lipinski definition) is 0. The monoisotopic (exact) mass is 348 g/mol. The Morgan fingerprint density at radius 1 is 1.20 bits per heavy atom. The number of fused-ring (bicyclic) bond motifs is 3. The summed E-state index contributed by atoms with van der Waals surface area (Å²) in [5, 5.41) is 0. The molecule has 134 valence electrons. The van der Waals surface area contributed by atoms with Crippen molar-refractivity contribution in [2.75, 3.05) is 6.61 Å². The number of carbonyl (C=O) groups excluding carboxylic acids is 2. The highest BCUT2D eigenvalue weighted by Gasteiger charge is 2.38. The molecule has 1 atom stereocenters. The first-order valence-electron chi connectivity index (χ1n) is 8.24. The van der Waals surface area contributed by atoms with Crippen LogP contribution in [0.1, 0.15) is 38.1 Å². The van der Waals surface area contributed by atoms with E-state index in [1.165, 1.54) is 23.2 Å². The molecule has 25 heavy (non-hydrogen) atoms. The summed E-state index contributed by atoms with van der Waals surface area (Å²) in [5.74, 6) is -0.566. The van der Waals surface area contributed by atoms with Crippen LogP contribution in [0.2, 0.25) is 0 Å². The lowest BCUT2D eigenvalue weighted by atomic mass is 10.0. The molecule has 3 heterocycles. The van der Waals surface area contributed by atoms with E-state index >= 15 is 0 Å². The second-order valence-electron chi connectivity index (χ2n) is 6.17. The van der Waals surface area contributed by atoms with Crippen LogP contribution in [0.25, 0.3) is 11.2 Å². The van der Waals surface area contributed by atoms with Crippen LogP contribution in [-0.2, 0) is 34.8 Å². The average molecular weight is 348 g/mol. The van der Waals surface area contributed by atoms with E-state index in [0.717, 1.165) is 11.0 Å². The zero-order valence-corrected chi connectivity index (χ0v) is 14.4. The van der Waals surface area contributed by atoms with E-state index in [2.05, 4.69) is 4.98 Å². The molecule has 0 aromatic carbocycles. The molecule has 0 aliphatic carbocycles. The molecule has 0 bridgehead atoms. The highest BCUT2D eigenvalue weighted by atomic mass is 16.5. The lowest BCUT2D eigenvalue weighted by Gasteiger charge is -2.23.